The molecule has 0 atom stereocenters. The molecule has 0 aliphatic rings. The Morgan fingerprint density at radius 2 is 1.96 bits per heavy atom. The molecule has 0 spiro atoms. The van der Waals surface area contributed by atoms with Crippen LogP contribution in [0.15, 0.2) is 60.0 Å². The Hall–Kier alpha value is -3.28. The van der Waals surface area contributed by atoms with Gasteiger partial charge in [0.15, 0.2) is 0 Å². The van der Waals surface area contributed by atoms with Crippen LogP contribution in [0.4, 0.5) is 0 Å². The van der Waals surface area contributed by atoms with Crippen LogP contribution in [0.1, 0.15) is 11.1 Å². The highest BCUT2D eigenvalue weighted by atomic mass is 16.1. The smallest absolute Gasteiger partial charge is 0.258 e. The maximum Gasteiger partial charge on any atom is 0.258 e. The van der Waals surface area contributed by atoms with Gasteiger partial charge in [0.1, 0.15) is 0 Å². The van der Waals surface area contributed by atoms with Crippen molar-refractivity contribution in [1.29, 1.82) is 0 Å². The van der Waals surface area contributed by atoms with E-state index < -0.39 is 0 Å². The summed E-state index contributed by atoms with van der Waals surface area (Å²) in [7, 11) is 1.88. The normalized spacial score (nSPS) is 11.0. The molecule has 0 aliphatic carbocycles. The van der Waals surface area contributed by atoms with E-state index in [-0.39, 0.29) is 5.56 Å². The largest absolute Gasteiger partial charge is 0.313 e. The summed E-state index contributed by atoms with van der Waals surface area (Å²) in [6.07, 6.45) is 7.73. The van der Waals surface area contributed by atoms with Gasteiger partial charge in [0, 0.05) is 25.0 Å². The lowest BCUT2D eigenvalue weighted by atomic mass is 10.0. The van der Waals surface area contributed by atoms with Crippen molar-refractivity contribution in [3.63, 3.8) is 0 Å². The fourth-order valence-corrected chi connectivity index (χ4v) is 2.71. The number of rotatable bonds is 3. The Kier molecular flexibility index (Phi) is 3.42. The number of nitrogens with zero attached hydrogens (tertiary/aromatic N) is 4. The fourth-order valence-electron chi connectivity index (χ4n) is 2.71. The first kappa shape index (κ1) is 14.3. The van der Waals surface area contributed by atoms with Gasteiger partial charge in [-0.25, -0.2) is 4.98 Å². The molecule has 6 heteroatoms. The summed E-state index contributed by atoms with van der Waals surface area (Å²) >= 11 is 0. The molecule has 0 unspecified atom stereocenters. The van der Waals surface area contributed by atoms with Crippen molar-refractivity contribution in [2.45, 2.75) is 6.42 Å². The Labute approximate surface area is 137 Å². The predicted molar refractivity (Wildman–Crippen MR) is 91.6 cm³/mol. The first-order chi connectivity index (χ1) is 11.7. The van der Waals surface area contributed by atoms with Crippen molar-refractivity contribution in [1.82, 2.24) is 24.7 Å². The summed E-state index contributed by atoms with van der Waals surface area (Å²) in [6.45, 7) is 0. The van der Waals surface area contributed by atoms with Gasteiger partial charge in [-0.1, -0.05) is 12.1 Å². The number of H-pyrrole nitrogens is 1. The minimum absolute atomic E-state index is 0.119. The van der Waals surface area contributed by atoms with E-state index in [1.807, 2.05) is 49.8 Å². The van der Waals surface area contributed by atoms with Crippen LogP contribution in [0, 0.1) is 0 Å². The Bertz CT molecular complexity index is 1060. The third-order valence-corrected chi connectivity index (χ3v) is 3.94. The minimum atomic E-state index is -0.119. The molecule has 24 heavy (non-hydrogen) atoms. The molecule has 4 rings (SSSR count). The molecule has 118 valence electrons. The van der Waals surface area contributed by atoms with E-state index in [0.29, 0.717) is 17.3 Å². The molecule has 0 saturated carbocycles. The second-order valence-electron chi connectivity index (χ2n) is 5.71. The van der Waals surface area contributed by atoms with E-state index in [4.69, 9.17) is 0 Å². The molecule has 0 amide bonds. The number of nitrogens with one attached hydrogen (secondary N) is 1. The van der Waals surface area contributed by atoms with E-state index in [2.05, 4.69) is 20.1 Å². The summed E-state index contributed by atoms with van der Waals surface area (Å²) < 4.78 is 1.76. The average molecular weight is 317 g/mol. The average Bonchev–Trinajstić information content (AvgIpc) is 3.03. The van der Waals surface area contributed by atoms with Crippen LogP contribution in [0.5, 0.6) is 0 Å². The third-order valence-electron chi connectivity index (χ3n) is 3.94. The molecular weight excluding hydrogens is 302 g/mol. The van der Waals surface area contributed by atoms with Gasteiger partial charge in [0.2, 0.25) is 0 Å². The van der Waals surface area contributed by atoms with Crippen LogP contribution in [-0.4, -0.2) is 24.7 Å². The van der Waals surface area contributed by atoms with E-state index in [0.717, 1.165) is 22.4 Å². The molecule has 0 aliphatic heterocycles. The van der Waals surface area contributed by atoms with E-state index in [1.54, 1.807) is 10.9 Å². The highest BCUT2D eigenvalue weighted by Crippen LogP contribution is 2.18. The van der Waals surface area contributed by atoms with Gasteiger partial charge in [-0.2, -0.15) is 5.10 Å². The number of hydrogen-bond acceptors (Lipinski definition) is 4. The standard InChI is InChI=1S/C18H15N5O/c1-23-10-14(9-22-23)16-4-3-13(8-19-16)6-12-2-5-17-15(7-12)18(24)21-11-20-17/h2-5,7-11H,6H2,1H3,(H,20,21,24). The van der Waals surface area contributed by atoms with Crippen LogP contribution in [0.3, 0.4) is 0 Å². The predicted octanol–water partition coefficient (Wildman–Crippen LogP) is 2.31. The molecule has 0 fully saturated rings. The molecule has 0 radical (unpaired) electrons. The molecule has 1 N–H and O–H groups in total. The van der Waals surface area contributed by atoms with Crippen molar-refractivity contribution < 1.29 is 0 Å². The summed E-state index contributed by atoms with van der Waals surface area (Å²) in [5, 5.41) is 4.76. The summed E-state index contributed by atoms with van der Waals surface area (Å²) in [5.74, 6) is 0. The Morgan fingerprint density at radius 3 is 2.71 bits per heavy atom. The molecule has 3 heterocycles. The van der Waals surface area contributed by atoms with Crippen molar-refractivity contribution in [3.05, 3.63) is 76.7 Å². The topological polar surface area (TPSA) is 76.5 Å². The van der Waals surface area contributed by atoms with Crippen LogP contribution < -0.4 is 5.56 Å². The van der Waals surface area contributed by atoms with Crippen molar-refractivity contribution in [2.24, 2.45) is 7.05 Å². The lowest BCUT2D eigenvalue weighted by Gasteiger charge is -2.04. The van der Waals surface area contributed by atoms with E-state index in [9.17, 15) is 4.79 Å². The maximum atomic E-state index is 11.9. The van der Waals surface area contributed by atoms with Gasteiger partial charge in [-0.15, -0.1) is 0 Å². The van der Waals surface area contributed by atoms with Gasteiger partial charge >= 0.3 is 0 Å². The van der Waals surface area contributed by atoms with Crippen LogP contribution in [-0.2, 0) is 13.5 Å². The van der Waals surface area contributed by atoms with Gasteiger partial charge in [0.25, 0.3) is 5.56 Å². The fraction of sp³-hybridized carbons (Fsp3) is 0.111. The SMILES string of the molecule is Cn1cc(-c2ccc(Cc3ccc4nc[nH]c(=O)c4c3)cn2)cn1. The number of aromatic nitrogens is 5. The first-order valence-corrected chi connectivity index (χ1v) is 7.59. The number of hydrogen-bond donors (Lipinski definition) is 1. The van der Waals surface area contributed by atoms with Gasteiger partial charge < -0.3 is 4.98 Å². The van der Waals surface area contributed by atoms with Crippen LogP contribution in [0.2, 0.25) is 0 Å². The molecule has 1 aromatic carbocycles. The van der Waals surface area contributed by atoms with Crippen LogP contribution >= 0.6 is 0 Å². The van der Waals surface area contributed by atoms with Crippen molar-refractivity contribution in [2.75, 3.05) is 0 Å². The van der Waals surface area contributed by atoms with Crippen LogP contribution in [0.25, 0.3) is 22.2 Å². The Balaban J connectivity index is 1.61. The second kappa shape index (κ2) is 5.73. The number of benzene rings is 1. The molecule has 0 bridgehead atoms. The lowest BCUT2D eigenvalue weighted by molar-refractivity contribution is 0.768. The van der Waals surface area contributed by atoms with Crippen molar-refractivity contribution in [3.8, 4) is 11.3 Å². The van der Waals surface area contributed by atoms with E-state index >= 15 is 0 Å². The van der Waals surface area contributed by atoms with Gasteiger partial charge in [-0.3, -0.25) is 14.5 Å². The summed E-state index contributed by atoms with van der Waals surface area (Å²) in [4.78, 5) is 23.1. The minimum Gasteiger partial charge on any atom is -0.313 e. The number of fused-ring (bicyclic) bond motifs is 1. The lowest BCUT2D eigenvalue weighted by Crippen LogP contribution is -2.06. The number of aromatic amines is 1. The van der Waals surface area contributed by atoms with Gasteiger partial charge in [-0.05, 0) is 35.7 Å². The van der Waals surface area contributed by atoms with Gasteiger partial charge in [0.05, 0.1) is 29.1 Å². The molecule has 4 aromatic rings. The molecular formula is C18H15N5O. The first-order valence-electron chi connectivity index (χ1n) is 7.59. The summed E-state index contributed by atoms with van der Waals surface area (Å²) in [5.41, 5.74) is 4.61. The molecule has 6 nitrogen and oxygen atoms in total. The number of pyridine rings is 1. The second-order valence-corrected chi connectivity index (χ2v) is 5.71. The molecule has 0 saturated heterocycles. The van der Waals surface area contributed by atoms with Crippen molar-refractivity contribution >= 4 is 10.9 Å². The van der Waals surface area contributed by atoms with E-state index in [1.165, 1.54) is 6.33 Å². The zero-order chi connectivity index (χ0) is 16.5. The zero-order valence-corrected chi connectivity index (χ0v) is 13.1. The monoisotopic (exact) mass is 317 g/mol. The number of aryl methyl sites for hydroxylation is 1. The summed E-state index contributed by atoms with van der Waals surface area (Å²) in [6, 6.07) is 9.78. The quantitative estimate of drug-likeness (QED) is 0.629. The molecule has 3 aromatic heterocycles. The zero-order valence-electron chi connectivity index (χ0n) is 13.1. The maximum absolute atomic E-state index is 11.9. The highest BCUT2D eigenvalue weighted by molar-refractivity contribution is 5.78. The Morgan fingerprint density at radius 1 is 1.08 bits per heavy atom. The highest BCUT2D eigenvalue weighted by Gasteiger charge is 2.05. The third kappa shape index (κ3) is 2.69.